The highest BCUT2D eigenvalue weighted by Crippen LogP contribution is 2.42. The van der Waals surface area contributed by atoms with Crippen molar-refractivity contribution in [2.45, 2.75) is 56.8 Å². The summed E-state index contributed by atoms with van der Waals surface area (Å²) < 4.78 is 5.59. The van der Waals surface area contributed by atoms with Gasteiger partial charge in [0.1, 0.15) is 0 Å². The fraction of sp³-hybridized carbons (Fsp3) is 0.917. The summed E-state index contributed by atoms with van der Waals surface area (Å²) in [5, 5.41) is 3.42. The first-order valence-corrected chi connectivity index (χ1v) is 6.42. The van der Waals surface area contributed by atoms with Crippen LogP contribution in [0, 0.1) is 0 Å². The average Bonchev–Trinajstić information content (AvgIpc) is 2.77. The van der Waals surface area contributed by atoms with Gasteiger partial charge in [-0.3, -0.25) is 10.1 Å². The Labute approximate surface area is 96.3 Å². The molecule has 3 rings (SSSR count). The first kappa shape index (κ1) is 10.5. The van der Waals surface area contributed by atoms with Crippen molar-refractivity contribution in [2.75, 3.05) is 13.2 Å². The van der Waals surface area contributed by atoms with Gasteiger partial charge >= 0.3 is 0 Å². The Kier molecular flexibility index (Phi) is 2.44. The number of carbonyl (C=O) groups excluding carboxylic acids is 1. The summed E-state index contributed by atoms with van der Waals surface area (Å²) in [4.78, 5) is 14.1. The molecule has 90 valence electrons. The predicted molar refractivity (Wildman–Crippen MR) is 59.9 cm³/mol. The Morgan fingerprint density at radius 1 is 1.56 bits per heavy atom. The lowest BCUT2D eigenvalue weighted by atomic mass is 10.1. The highest BCUT2D eigenvalue weighted by atomic mass is 16.5. The molecule has 2 aliphatic heterocycles. The number of hydrogen-bond acceptors (Lipinski definition) is 3. The predicted octanol–water partition coefficient (Wildman–Crippen LogP) is 0.866. The van der Waals surface area contributed by atoms with E-state index in [1.807, 2.05) is 4.90 Å². The Morgan fingerprint density at radius 2 is 2.38 bits per heavy atom. The van der Waals surface area contributed by atoms with Crippen LogP contribution in [-0.4, -0.2) is 41.8 Å². The molecule has 2 atom stereocenters. The molecule has 2 saturated heterocycles. The topological polar surface area (TPSA) is 41.6 Å². The quantitative estimate of drug-likeness (QED) is 0.773. The summed E-state index contributed by atoms with van der Waals surface area (Å²) in [6, 6.07) is 0. The molecule has 2 unspecified atom stereocenters. The lowest BCUT2D eigenvalue weighted by Gasteiger charge is -2.22. The fourth-order valence-corrected chi connectivity index (χ4v) is 2.92. The Morgan fingerprint density at radius 3 is 2.94 bits per heavy atom. The van der Waals surface area contributed by atoms with Gasteiger partial charge in [0.05, 0.1) is 17.8 Å². The molecule has 16 heavy (non-hydrogen) atoms. The third kappa shape index (κ3) is 1.64. The van der Waals surface area contributed by atoms with E-state index in [-0.39, 0.29) is 11.7 Å². The molecule has 0 radical (unpaired) electrons. The molecule has 0 bridgehead atoms. The summed E-state index contributed by atoms with van der Waals surface area (Å²) >= 11 is 0. The minimum atomic E-state index is -0.157. The van der Waals surface area contributed by atoms with E-state index in [0.29, 0.717) is 12.0 Å². The van der Waals surface area contributed by atoms with Crippen LogP contribution in [-0.2, 0) is 9.53 Å². The molecular formula is C12H20N2O2. The molecule has 0 aromatic carbocycles. The zero-order valence-electron chi connectivity index (χ0n) is 9.87. The highest BCUT2D eigenvalue weighted by Gasteiger charge is 2.57. The second-order valence-corrected chi connectivity index (χ2v) is 5.32. The summed E-state index contributed by atoms with van der Waals surface area (Å²) in [7, 11) is 0. The number of hydrogen-bond donors (Lipinski definition) is 1. The Balaban J connectivity index is 1.55. The highest BCUT2D eigenvalue weighted by molar-refractivity contribution is 5.91. The van der Waals surface area contributed by atoms with E-state index in [9.17, 15) is 4.79 Å². The normalized spacial score (nSPS) is 36.3. The van der Waals surface area contributed by atoms with Crippen LogP contribution in [0.15, 0.2) is 0 Å². The van der Waals surface area contributed by atoms with Crippen LogP contribution < -0.4 is 5.32 Å². The van der Waals surface area contributed by atoms with Crippen molar-refractivity contribution >= 4 is 5.91 Å². The van der Waals surface area contributed by atoms with E-state index in [2.05, 4.69) is 12.2 Å². The van der Waals surface area contributed by atoms with Gasteiger partial charge < -0.3 is 9.64 Å². The maximum atomic E-state index is 12.1. The summed E-state index contributed by atoms with van der Waals surface area (Å²) in [5.74, 6) is 0.318. The number of nitrogens with one attached hydrogen (secondary N) is 1. The van der Waals surface area contributed by atoms with Crippen LogP contribution in [0.5, 0.6) is 0 Å². The Hall–Kier alpha value is -0.610. The molecule has 3 aliphatic rings. The largest absolute Gasteiger partial charge is 0.378 e. The smallest absolute Gasteiger partial charge is 0.244 e. The molecule has 1 N–H and O–H groups in total. The van der Waals surface area contributed by atoms with Gasteiger partial charge in [-0.15, -0.1) is 0 Å². The summed E-state index contributed by atoms with van der Waals surface area (Å²) in [6.07, 6.45) is 5.96. The fourth-order valence-electron chi connectivity index (χ4n) is 2.92. The second kappa shape index (κ2) is 3.70. The van der Waals surface area contributed by atoms with Crippen molar-refractivity contribution in [3.05, 3.63) is 0 Å². The van der Waals surface area contributed by atoms with Gasteiger partial charge in [0.15, 0.2) is 0 Å². The molecule has 1 saturated carbocycles. The van der Waals surface area contributed by atoms with Gasteiger partial charge in [0.2, 0.25) is 5.91 Å². The molecule has 0 aromatic heterocycles. The van der Waals surface area contributed by atoms with E-state index >= 15 is 0 Å². The van der Waals surface area contributed by atoms with Crippen molar-refractivity contribution in [3.63, 3.8) is 0 Å². The molecule has 2 heterocycles. The van der Waals surface area contributed by atoms with Crippen LogP contribution >= 0.6 is 0 Å². The second-order valence-electron chi connectivity index (χ2n) is 5.32. The molecule has 0 aromatic rings. The first-order chi connectivity index (χ1) is 7.71. The SMILES string of the molecule is CC1NC2(CC2)C(=O)N1CCC1CCCO1. The van der Waals surface area contributed by atoms with Crippen LogP contribution in [0.2, 0.25) is 0 Å². The molecule has 4 heteroatoms. The summed E-state index contributed by atoms with van der Waals surface area (Å²) in [5.41, 5.74) is -0.157. The number of rotatable bonds is 3. The van der Waals surface area contributed by atoms with Crippen LogP contribution in [0.4, 0.5) is 0 Å². The average molecular weight is 224 g/mol. The third-order valence-electron chi connectivity index (χ3n) is 4.09. The van der Waals surface area contributed by atoms with Crippen molar-refractivity contribution in [1.29, 1.82) is 0 Å². The van der Waals surface area contributed by atoms with E-state index in [1.165, 1.54) is 6.42 Å². The molecular weight excluding hydrogens is 204 g/mol. The monoisotopic (exact) mass is 224 g/mol. The molecule has 3 fully saturated rings. The van der Waals surface area contributed by atoms with E-state index in [4.69, 9.17) is 4.74 Å². The van der Waals surface area contributed by atoms with Gasteiger partial charge in [-0.05, 0) is 39.0 Å². The van der Waals surface area contributed by atoms with Crippen molar-refractivity contribution in [1.82, 2.24) is 10.2 Å². The van der Waals surface area contributed by atoms with Gasteiger partial charge in [-0.1, -0.05) is 0 Å². The third-order valence-corrected chi connectivity index (χ3v) is 4.09. The van der Waals surface area contributed by atoms with Gasteiger partial charge in [-0.2, -0.15) is 0 Å². The van der Waals surface area contributed by atoms with E-state index in [0.717, 1.165) is 38.8 Å². The van der Waals surface area contributed by atoms with Crippen molar-refractivity contribution < 1.29 is 9.53 Å². The standard InChI is InChI=1S/C12H20N2O2/c1-9-13-12(5-6-12)11(15)14(9)7-4-10-3-2-8-16-10/h9-10,13H,2-8H2,1H3. The van der Waals surface area contributed by atoms with E-state index < -0.39 is 0 Å². The minimum Gasteiger partial charge on any atom is -0.378 e. The minimum absolute atomic E-state index is 0.157. The zero-order valence-corrected chi connectivity index (χ0v) is 9.87. The first-order valence-electron chi connectivity index (χ1n) is 6.42. The van der Waals surface area contributed by atoms with Gasteiger partial charge in [0.25, 0.3) is 0 Å². The van der Waals surface area contributed by atoms with Crippen molar-refractivity contribution in [2.24, 2.45) is 0 Å². The van der Waals surface area contributed by atoms with Gasteiger partial charge in [-0.25, -0.2) is 0 Å². The van der Waals surface area contributed by atoms with Crippen LogP contribution in [0.3, 0.4) is 0 Å². The van der Waals surface area contributed by atoms with Crippen molar-refractivity contribution in [3.8, 4) is 0 Å². The lowest BCUT2D eigenvalue weighted by molar-refractivity contribution is -0.130. The maximum absolute atomic E-state index is 12.1. The number of ether oxygens (including phenoxy) is 1. The molecule has 1 spiro atoms. The summed E-state index contributed by atoms with van der Waals surface area (Å²) in [6.45, 7) is 3.83. The maximum Gasteiger partial charge on any atom is 0.244 e. The molecule has 1 aliphatic carbocycles. The number of amides is 1. The number of carbonyl (C=O) groups is 1. The van der Waals surface area contributed by atoms with Gasteiger partial charge in [0, 0.05) is 13.2 Å². The zero-order chi connectivity index (χ0) is 11.2. The number of nitrogens with zero attached hydrogens (tertiary/aromatic N) is 1. The van der Waals surface area contributed by atoms with Crippen LogP contribution in [0.1, 0.15) is 39.0 Å². The lowest BCUT2D eigenvalue weighted by Crippen LogP contribution is -2.36. The van der Waals surface area contributed by atoms with E-state index in [1.54, 1.807) is 0 Å². The molecule has 1 amide bonds. The molecule has 4 nitrogen and oxygen atoms in total. The van der Waals surface area contributed by atoms with Crippen LogP contribution in [0.25, 0.3) is 0 Å². The Bertz CT molecular complexity index is 295.